The zero-order valence-electron chi connectivity index (χ0n) is 14.2. The third-order valence-corrected chi connectivity index (χ3v) is 3.75. The first kappa shape index (κ1) is 18.2. The van der Waals surface area contributed by atoms with E-state index in [1.54, 1.807) is 18.2 Å². The molecule has 7 heteroatoms. The summed E-state index contributed by atoms with van der Waals surface area (Å²) in [7, 11) is 0. The van der Waals surface area contributed by atoms with Crippen LogP contribution in [0, 0.1) is 16.0 Å². The van der Waals surface area contributed by atoms with Crippen LogP contribution in [0.2, 0.25) is 0 Å². The van der Waals surface area contributed by atoms with Crippen LogP contribution in [-0.4, -0.2) is 37.2 Å². The van der Waals surface area contributed by atoms with E-state index in [2.05, 4.69) is 15.6 Å². The van der Waals surface area contributed by atoms with Crippen molar-refractivity contribution in [3.05, 3.63) is 39.9 Å². The smallest absolute Gasteiger partial charge is 0.274 e. The predicted molar refractivity (Wildman–Crippen MR) is 94.1 cm³/mol. The lowest BCUT2D eigenvalue weighted by Crippen LogP contribution is -2.38. The average Bonchev–Trinajstić information content (AvgIpc) is 3.40. The molecule has 1 fully saturated rings. The van der Waals surface area contributed by atoms with E-state index < -0.39 is 0 Å². The van der Waals surface area contributed by atoms with Crippen molar-refractivity contribution in [1.29, 1.82) is 0 Å². The molecule has 0 radical (unpaired) electrons. The monoisotopic (exact) mass is 334 g/mol. The van der Waals surface area contributed by atoms with Gasteiger partial charge in [-0.05, 0) is 32.1 Å². The van der Waals surface area contributed by atoms with Gasteiger partial charge in [0.2, 0.25) is 0 Å². The summed E-state index contributed by atoms with van der Waals surface area (Å²) in [6.45, 7) is 5.37. The van der Waals surface area contributed by atoms with Crippen LogP contribution in [-0.2, 0) is 11.3 Å². The second kappa shape index (κ2) is 9.87. The third kappa shape index (κ3) is 6.54. The van der Waals surface area contributed by atoms with Gasteiger partial charge in [0, 0.05) is 32.4 Å². The van der Waals surface area contributed by atoms with E-state index in [1.807, 2.05) is 6.92 Å². The van der Waals surface area contributed by atoms with Gasteiger partial charge in [-0.2, -0.15) is 0 Å². The first-order valence-corrected chi connectivity index (χ1v) is 8.53. The molecule has 0 unspecified atom stereocenters. The first-order valence-electron chi connectivity index (χ1n) is 8.53. The Kier molecular flexibility index (Phi) is 7.48. The predicted octanol–water partition coefficient (Wildman–Crippen LogP) is 2.47. The molecule has 0 aromatic heterocycles. The fraction of sp³-hybridized carbons (Fsp3) is 0.588. The Bertz CT molecular complexity index is 559. The highest BCUT2D eigenvalue weighted by Crippen LogP contribution is 2.28. The highest BCUT2D eigenvalue weighted by Gasteiger charge is 2.20. The van der Waals surface area contributed by atoms with E-state index in [0.717, 1.165) is 38.6 Å². The molecule has 0 amide bonds. The van der Waals surface area contributed by atoms with Gasteiger partial charge >= 0.3 is 0 Å². The van der Waals surface area contributed by atoms with Crippen LogP contribution in [0.3, 0.4) is 0 Å². The Hall–Kier alpha value is -2.15. The Balaban J connectivity index is 1.78. The summed E-state index contributed by atoms with van der Waals surface area (Å²) in [5, 5.41) is 17.4. The lowest BCUT2D eigenvalue weighted by molar-refractivity contribution is -0.385. The summed E-state index contributed by atoms with van der Waals surface area (Å²) >= 11 is 0. The van der Waals surface area contributed by atoms with Crippen molar-refractivity contribution in [2.75, 3.05) is 26.3 Å². The van der Waals surface area contributed by atoms with Gasteiger partial charge < -0.3 is 15.4 Å². The van der Waals surface area contributed by atoms with E-state index in [9.17, 15) is 10.1 Å². The van der Waals surface area contributed by atoms with Crippen molar-refractivity contribution in [3.8, 4) is 0 Å². The molecule has 0 spiro atoms. The van der Waals surface area contributed by atoms with Gasteiger partial charge in [0.05, 0.1) is 17.0 Å². The molecule has 1 saturated carbocycles. The van der Waals surface area contributed by atoms with Crippen LogP contribution in [0.25, 0.3) is 0 Å². The molecule has 1 aliphatic rings. The fourth-order valence-electron chi connectivity index (χ4n) is 2.24. The molecule has 2 rings (SSSR count). The molecule has 2 N–H and O–H groups in total. The van der Waals surface area contributed by atoms with Crippen LogP contribution >= 0.6 is 0 Å². The van der Waals surface area contributed by atoms with E-state index in [0.29, 0.717) is 11.5 Å². The van der Waals surface area contributed by atoms with E-state index in [-0.39, 0.29) is 17.2 Å². The lowest BCUT2D eigenvalue weighted by atomic mass is 10.2. The minimum absolute atomic E-state index is 0.102. The Morgan fingerprint density at radius 3 is 2.88 bits per heavy atom. The topological polar surface area (TPSA) is 88.8 Å². The number of hydrogen-bond donors (Lipinski definition) is 2. The van der Waals surface area contributed by atoms with Crippen LogP contribution in [0.5, 0.6) is 0 Å². The molecular weight excluding hydrogens is 308 g/mol. The average molecular weight is 334 g/mol. The molecule has 7 nitrogen and oxygen atoms in total. The van der Waals surface area contributed by atoms with Gasteiger partial charge in [-0.3, -0.25) is 10.1 Å². The van der Waals surface area contributed by atoms with Crippen molar-refractivity contribution in [3.63, 3.8) is 0 Å². The molecule has 1 aromatic carbocycles. The molecule has 24 heavy (non-hydrogen) atoms. The summed E-state index contributed by atoms with van der Waals surface area (Å²) in [6, 6.07) is 6.69. The van der Waals surface area contributed by atoms with Gasteiger partial charge in [-0.1, -0.05) is 18.2 Å². The molecule has 0 aliphatic heterocycles. The number of nitro groups is 1. The van der Waals surface area contributed by atoms with Gasteiger partial charge in [-0.25, -0.2) is 4.99 Å². The number of ether oxygens (including phenoxy) is 1. The van der Waals surface area contributed by atoms with Crippen molar-refractivity contribution in [1.82, 2.24) is 10.6 Å². The number of benzene rings is 1. The van der Waals surface area contributed by atoms with E-state index in [4.69, 9.17) is 4.74 Å². The standard InChI is InChI=1S/C17H26N4O3/c1-2-18-17(19-10-5-11-24-13-14-8-9-14)20-12-15-6-3-4-7-16(15)21(22)23/h3-4,6-7,14H,2,5,8-13H2,1H3,(H2,18,19,20). The molecule has 1 aliphatic carbocycles. The quantitative estimate of drug-likeness (QED) is 0.226. The molecule has 0 bridgehead atoms. The van der Waals surface area contributed by atoms with Gasteiger partial charge in [0.25, 0.3) is 5.69 Å². The van der Waals surface area contributed by atoms with Crippen LogP contribution in [0.1, 0.15) is 31.7 Å². The molecular formula is C17H26N4O3. The molecule has 132 valence electrons. The first-order chi connectivity index (χ1) is 11.7. The highest BCUT2D eigenvalue weighted by atomic mass is 16.6. The SMILES string of the molecule is CCNC(=NCc1ccccc1[N+](=O)[O-])NCCCOCC1CC1. The minimum Gasteiger partial charge on any atom is -0.381 e. The Labute approximate surface area is 142 Å². The summed E-state index contributed by atoms with van der Waals surface area (Å²) < 4.78 is 5.60. The summed E-state index contributed by atoms with van der Waals surface area (Å²) in [4.78, 5) is 15.1. The summed E-state index contributed by atoms with van der Waals surface area (Å²) in [6.07, 6.45) is 3.52. The summed E-state index contributed by atoms with van der Waals surface area (Å²) in [5.74, 6) is 1.45. The number of hydrogen-bond acceptors (Lipinski definition) is 4. The van der Waals surface area contributed by atoms with Gasteiger partial charge in [0.15, 0.2) is 5.96 Å². The lowest BCUT2D eigenvalue weighted by Gasteiger charge is -2.11. The second-order valence-corrected chi connectivity index (χ2v) is 5.88. The third-order valence-electron chi connectivity index (χ3n) is 3.75. The number of rotatable bonds is 10. The minimum atomic E-state index is -0.373. The molecule has 1 aromatic rings. The number of nitrogens with zero attached hydrogens (tertiary/aromatic N) is 2. The molecule has 0 saturated heterocycles. The summed E-state index contributed by atoms with van der Waals surface area (Å²) in [5.41, 5.74) is 0.707. The maximum absolute atomic E-state index is 11.0. The normalized spacial score (nSPS) is 14.5. The number of aliphatic imine (C=N–C) groups is 1. The van der Waals surface area contributed by atoms with Gasteiger partial charge in [0.1, 0.15) is 0 Å². The zero-order valence-corrected chi connectivity index (χ0v) is 14.2. The van der Waals surface area contributed by atoms with Crippen molar-refractivity contribution in [2.45, 2.75) is 32.7 Å². The Morgan fingerprint density at radius 2 is 2.17 bits per heavy atom. The number of para-hydroxylation sites is 1. The maximum atomic E-state index is 11.0. The Morgan fingerprint density at radius 1 is 1.38 bits per heavy atom. The largest absolute Gasteiger partial charge is 0.381 e. The van der Waals surface area contributed by atoms with E-state index >= 15 is 0 Å². The van der Waals surface area contributed by atoms with Crippen molar-refractivity contribution < 1.29 is 9.66 Å². The van der Waals surface area contributed by atoms with Gasteiger partial charge in [-0.15, -0.1) is 0 Å². The van der Waals surface area contributed by atoms with Crippen molar-refractivity contribution >= 4 is 11.6 Å². The zero-order chi connectivity index (χ0) is 17.2. The van der Waals surface area contributed by atoms with Crippen LogP contribution in [0.15, 0.2) is 29.3 Å². The van der Waals surface area contributed by atoms with Crippen molar-refractivity contribution in [2.24, 2.45) is 10.9 Å². The number of nitro benzene ring substituents is 1. The number of nitrogens with one attached hydrogen (secondary N) is 2. The highest BCUT2D eigenvalue weighted by molar-refractivity contribution is 5.79. The molecule has 0 heterocycles. The van der Waals surface area contributed by atoms with E-state index in [1.165, 1.54) is 18.9 Å². The van der Waals surface area contributed by atoms with Crippen LogP contribution in [0.4, 0.5) is 5.69 Å². The second-order valence-electron chi connectivity index (χ2n) is 5.88. The van der Waals surface area contributed by atoms with Crippen LogP contribution < -0.4 is 10.6 Å². The molecule has 0 atom stereocenters. The fourth-order valence-corrected chi connectivity index (χ4v) is 2.24. The number of guanidine groups is 1. The maximum Gasteiger partial charge on any atom is 0.274 e.